The van der Waals surface area contributed by atoms with Crippen molar-refractivity contribution in [3.8, 4) is 39.9 Å². The third-order valence-electron chi connectivity index (χ3n) is 7.17. The van der Waals surface area contributed by atoms with Crippen molar-refractivity contribution in [2.24, 2.45) is 0 Å². The normalized spacial score (nSPS) is 19.9. The van der Waals surface area contributed by atoms with E-state index in [1.54, 1.807) is 26.5 Å². The maximum absolute atomic E-state index is 13.2. The summed E-state index contributed by atoms with van der Waals surface area (Å²) < 4.78 is 34.8. The first-order valence-electron chi connectivity index (χ1n) is 11.7. The molecule has 4 heterocycles. The number of carbonyl (C=O) groups is 1. The molecule has 0 bridgehead atoms. The molecule has 3 aliphatic rings. The molecule has 6 rings (SSSR count). The quantitative estimate of drug-likeness (QED) is 0.494. The SMILES string of the molecule is COc1ccc2c(c1OC)C(=O)OC2C1c2c(c(-c3cccnc3)c3c(c2OC)OCO3)CCN1C. The molecule has 0 spiro atoms. The molecule has 9 nitrogen and oxygen atoms in total. The fraction of sp³-hybridized carbons (Fsp3) is 0.333. The van der Waals surface area contributed by atoms with Crippen molar-refractivity contribution >= 4 is 5.97 Å². The van der Waals surface area contributed by atoms with Crippen LogP contribution >= 0.6 is 0 Å². The summed E-state index contributed by atoms with van der Waals surface area (Å²) in [5, 5.41) is 0. The molecule has 36 heavy (non-hydrogen) atoms. The molecule has 1 aromatic heterocycles. The minimum atomic E-state index is -0.590. The number of likely N-dealkylation sites (N-methyl/N-ethyl adjacent to an activating group) is 1. The Morgan fingerprint density at radius 2 is 1.81 bits per heavy atom. The number of rotatable bonds is 5. The van der Waals surface area contributed by atoms with Gasteiger partial charge >= 0.3 is 5.97 Å². The zero-order chi connectivity index (χ0) is 25.0. The van der Waals surface area contributed by atoms with Crippen LogP contribution in [-0.4, -0.2) is 57.6 Å². The number of ether oxygens (including phenoxy) is 6. The predicted octanol–water partition coefficient (Wildman–Crippen LogP) is 3.94. The highest BCUT2D eigenvalue weighted by Gasteiger charge is 2.47. The highest BCUT2D eigenvalue weighted by Crippen LogP contribution is 2.58. The second kappa shape index (κ2) is 8.60. The number of methoxy groups -OCH3 is 3. The average Bonchev–Trinajstić information content (AvgIpc) is 3.52. The smallest absolute Gasteiger partial charge is 0.343 e. The van der Waals surface area contributed by atoms with E-state index >= 15 is 0 Å². The Bertz CT molecular complexity index is 1360. The lowest BCUT2D eigenvalue weighted by molar-refractivity contribution is 0.00877. The van der Waals surface area contributed by atoms with E-state index in [-0.39, 0.29) is 12.8 Å². The minimum Gasteiger partial charge on any atom is -0.493 e. The van der Waals surface area contributed by atoms with Crippen molar-refractivity contribution in [2.45, 2.75) is 18.6 Å². The van der Waals surface area contributed by atoms with Gasteiger partial charge in [0.05, 0.1) is 27.4 Å². The van der Waals surface area contributed by atoms with Gasteiger partial charge in [-0.15, -0.1) is 0 Å². The summed E-state index contributed by atoms with van der Waals surface area (Å²) in [6.07, 6.45) is 3.72. The standard InChI is InChI=1S/C27H26N2O7/c1-29-11-9-15-18(14-6-5-10-28-12-14)25-26(35-13-34-25)24(33-4)19(15)21(29)22-16-7-8-17(31-2)23(32-3)20(16)27(30)36-22/h5-8,10,12,21-22H,9,11,13H2,1-4H3. The molecule has 3 aliphatic heterocycles. The number of hydrogen-bond acceptors (Lipinski definition) is 9. The molecule has 3 aromatic rings. The first kappa shape index (κ1) is 22.5. The molecule has 0 N–H and O–H groups in total. The van der Waals surface area contributed by atoms with Crippen LogP contribution in [-0.2, 0) is 11.2 Å². The van der Waals surface area contributed by atoms with E-state index in [1.807, 2.05) is 31.4 Å². The zero-order valence-electron chi connectivity index (χ0n) is 20.5. The molecular weight excluding hydrogens is 464 g/mol. The molecule has 0 amide bonds. The molecule has 2 aromatic carbocycles. The van der Waals surface area contributed by atoms with Gasteiger partial charge < -0.3 is 28.4 Å². The Kier molecular flexibility index (Phi) is 5.37. The Balaban J connectivity index is 1.60. The van der Waals surface area contributed by atoms with Crippen LogP contribution in [0.5, 0.6) is 28.7 Å². The summed E-state index contributed by atoms with van der Waals surface area (Å²) in [4.78, 5) is 19.7. The summed E-state index contributed by atoms with van der Waals surface area (Å²) >= 11 is 0. The van der Waals surface area contributed by atoms with Crippen LogP contribution in [0.15, 0.2) is 36.7 Å². The van der Waals surface area contributed by atoms with Crippen molar-refractivity contribution in [2.75, 3.05) is 41.7 Å². The number of nitrogens with zero attached hydrogens (tertiary/aromatic N) is 2. The maximum Gasteiger partial charge on any atom is 0.343 e. The van der Waals surface area contributed by atoms with Gasteiger partial charge in [-0.25, -0.2) is 4.79 Å². The number of fused-ring (bicyclic) bond motifs is 3. The molecular formula is C27H26N2O7. The number of benzene rings is 2. The third-order valence-corrected chi connectivity index (χ3v) is 7.17. The van der Waals surface area contributed by atoms with Crippen LogP contribution in [0.1, 0.15) is 39.2 Å². The minimum absolute atomic E-state index is 0.0978. The van der Waals surface area contributed by atoms with Crippen molar-refractivity contribution in [1.29, 1.82) is 0 Å². The summed E-state index contributed by atoms with van der Waals surface area (Å²) in [6.45, 7) is 0.838. The Hall–Kier alpha value is -3.98. The molecule has 0 fully saturated rings. The van der Waals surface area contributed by atoms with Gasteiger partial charge in [0.2, 0.25) is 12.5 Å². The summed E-state index contributed by atoms with van der Waals surface area (Å²) in [7, 11) is 6.70. The van der Waals surface area contributed by atoms with Gasteiger partial charge in [-0.1, -0.05) is 12.1 Å². The molecule has 9 heteroatoms. The van der Waals surface area contributed by atoms with Crippen LogP contribution in [0.2, 0.25) is 0 Å². The monoisotopic (exact) mass is 490 g/mol. The number of carbonyl (C=O) groups excluding carboxylic acids is 1. The van der Waals surface area contributed by atoms with Crippen molar-refractivity contribution in [3.05, 3.63) is 58.9 Å². The van der Waals surface area contributed by atoms with E-state index < -0.39 is 12.1 Å². The molecule has 2 unspecified atom stereocenters. The van der Waals surface area contributed by atoms with Crippen LogP contribution in [0.25, 0.3) is 11.1 Å². The number of aromatic nitrogens is 1. The lowest BCUT2D eigenvalue weighted by Gasteiger charge is -2.39. The van der Waals surface area contributed by atoms with Crippen molar-refractivity contribution in [1.82, 2.24) is 9.88 Å². The van der Waals surface area contributed by atoms with Crippen LogP contribution in [0, 0.1) is 0 Å². The lowest BCUT2D eigenvalue weighted by Crippen LogP contribution is -2.36. The number of cyclic esters (lactones) is 1. The molecule has 0 saturated carbocycles. The number of hydrogen-bond donors (Lipinski definition) is 0. The van der Waals surface area contributed by atoms with Crippen LogP contribution < -0.4 is 23.7 Å². The van der Waals surface area contributed by atoms with Crippen LogP contribution in [0.4, 0.5) is 0 Å². The van der Waals surface area contributed by atoms with E-state index in [1.165, 1.54) is 7.11 Å². The van der Waals surface area contributed by atoms with Gasteiger partial charge in [0.25, 0.3) is 0 Å². The summed E-state index contributed by atoms with van der Waals surface area (Å²) in [6, 6.07) is 7.24. The average molecular weight is 491 g/mol. The number of pyridine rings is 1. The number of esters is 1. The first-order valence-corrected chi connectivity index (χ1v) is 11.7. The van der Waals surface area contributed by atoms with E-state index in [0.29, 0.717) is 34.3 Å². The summed E-state index contributed by atoms with van der Waals surface area (Å²) in [5.74, 6) is 2.19. The first-order chi connectivity index (χ1) is 17.6. The topological polar surface area (TPSA) is 88.6 Å². The Morgan fingerprint density at radius 3 is 2.53 bits per heavy atom. The van der Waals surface area contributed by atoms with Gasteiger partial charge in [-0.2, -0.15) is 0 Å². The fourth-order valence-corrected chi connectivity index (χ4v) is 5.65. The maximum atomic E-state index is 13.2. The third kappa shape index (κ3) is 3.12. The van der Waals surface area contributed by atoms with E-state index in [9.17, 15) is 4.79 Å². The van der Waals surface area contributed by atoms with Gasteiger partial charge in [0, 0.05) is 41.2 Å². The van der Waals surface area contributed by atoms with E-state index in [4.69, 9.17) is 28.4 Å². The lowest BCUT2D eigenvalue weighted by atomic mass is 9.81. The van der Waals surface area contributed by atoms with E-state index in [2.05, 4.69) is 9.88 Å². The molecule has 186 valence electrons. The summed E-state index contributed by atoms with van der Waals surface area (Å²) in [5.41, 5.74) is 4.96. The largest absolute Gasteiger partial charge is 0.493 e. The van der Waals surface area contributed by atoms with Crippen molar-refractivity contribution < 1.29 is 33.2 Å². The molecule has 0 radical (unpaired) electrons. The second-order valence-electron chi connectivity index (χ2n) is 8.87. The molecule has 0 saturated heterocycles. The fourth-order valence-electron chi connectivity index (χ4n) is 5.65. The Labute approximate surface area is 208 Å². The Morgan fingerprint density at radius 1 is 1.00 bits per heavy atom. The van der Waals surface area contributed by atoms with Gasteiger partial charge in [-0.3, -0.25) is 9.88 Å². The van der Waals surface area contributed by atoms with Gasteiger partial charge in [0.15, 0.2) is 23.0 Å². The highest BCUT2D eigenvalue weighted by molar-refractivity contribution is 5.98. The van der Waals surface area contributed by atoms with Crippen molar-refractivity contribution in [3.63, 3.8) is 0 Å². The zero-order valence-corrected chi connectivity index (χ0v) is 20.5. The highest BCUT2D eigenvalue weighted by atomic mass is 16.7. The van der Waals surface area contributed by atoms with E-state index in [0.717, 1.165) is 40.8 Å². The van der Waals surface area contributed by atoms with Crippen LogP contribution in [0.3, 0.4) is 0 Å². The van der Waals surface area contributed by atoms with Gasteiger partial charge in [-0.05, 0) is 31.2 Å². The molecule has 2 atom stereocenters. The second-order valence-corrected chi connectivity index (χ2v) is 8.87. The van der Waals surface area contributed by atoms with Gasteiger partial charge in [0.1, 0.15) is 11.7 Å². The predicted molar refractivity (Wildman–Crippen MR) is 129 cm³/mol. The molecule has 0 aliphatic carbocycles.